The number of aromatic nitrogens is 3. The minimum atomic E-state index is -0.489. The smallest absolute Gasteiger partial charge is 0.321 e. The van der Waals surface area contributed by atoms with Crippen LogP contribution in [0.5, 0.6) is 0 Å². The Hall–Kier alpha value is -2.64. The van der Waals surface area contributed by atoms with Crippen molar-refractivity contribution in [1.29, 1.82) is 0 Å². The molecule has 0 aliphatic carbocycles. The summed E-state index contributed by atoms with van der Waals surface area (Å²) in [5.74, 6) is 0.134. The van der Waals surface area contributed by atoms with Crippen LogP contribution < -0.4 is 15.5 Å². The molecule has 2 N–H and O–H groups in total. The van der Waals surface area contributed by atoms with Crippen LogP contribution >= 0.6 is 0 Å². The Kier molecular flexibility index (Phi) is 3.22. The first-order valence-electron chi connectivity index (χ1n) is 8.11. The van der Waals surface area contributed by atoms with E-state index in [1.54, 1.807) is 6.20 Å². The summed E-state index contributed by atoms with van der Waals surface area (Å²) in [6.45, 7) is 6.63. The Labute approximate surface area is 139 Å². The first-order chi connectivity index (χ1) is 11.4. The maximum atomic E-state index is 12.2. The molecule has 0 saturated carbocycles. The molecule has 24 heavy (non-hydrogen) atoms. The SMILES string of the molecule is CC1(C)CCN(c2cc(C3CNC(=O)NC3=O)nc3ccnn23)C1. The van der Waals surface area contributed by atoms with Gasteiger partial charge in [0.05, 0.1) is 17.8 Å². The predicted molar refractivity (Wildman–Crippen MR) is 87.9 cm³/mol. The number of urea groups is 1. The fraction of sp³-hybridized carbons (Fsp3) is 0.500. The molecule has 1 atom stereocenters. The van der Waals surface area contributed by atoms with Crippen LogP contribution in [0, 0.1) is 5.41 Å². The van der Waals surface area contributed by atoms with Gasteiger partial charge in [-0.05, 0) is 11.8 Å². The van der Waals surface area contributed by atoms with Crippen LogP contribution in [0.3, 0.4) is 0 Å². The third-order valence-electron chi connectivity index (χ3n) is 4.74. The lowest BCUT2D eigenvalue weighted by Gasteiger charge is -2.25. The van der Waals surface area contributed by atoms with Crippen molar-refractivity contribution in [3.8, 4) is 0 Å². The van der Waals surface area contributed by atoms with E-state index in [9.17, 15) is 9.59 Å². The van der Waals surface area contributed by atoms with Gasteiger partial charge in [0.25, 0.3) is 0 Å². The van der Waals surface area contributed by atoms with Gasteiger partial charge in [0.1, 0.15) is 5.82 Å². The van der Waals surface area contributed by atoms with Crippen molar-refractivity contribution in [2.75, 3.05) is 24.5 Å². The van der Waals surface area contributed by atoms with Crippen LogP contribution in [-0.4, -0.2) is 46.2 Å². The Morgan fingerprint density at radius 1 is 1.33 bits per heavy atom. The number of rotatable bonds is 2. The van der Waals surface area contributed by atoms with Gasteiger partial charge in [-0.25, -0.2) is 9.78 Å². The fourth-order valence-electron chi connectivity index (χ4n) is 3.40. The summed E-state index contributed by atoms with van der Waals surface area (Å²) in [5.41, 5.74) is 1.61. The maximum Gasteiger partial charge on any atom is 0.321 e. The molecule has 4 rings (SSSR count). The molecule has 3 amide bonds. The maximum absolute atomic E-state index is 12.2. The van der Waals surface area contributed by atoms with Crippen LogP contribution in [0.4, 0.5) is 10.6 Å². The molecular formula is C16H20N6O2. The number of nitrogens with zero attached hydrogens (tertiary/aromatic N) is 4. The number of amides is 3. The fourth-order valence-corrected chi connectivity index (χ4v) is 3.40. The Balaban J connectivity index is 1.75. The van der Waals surface area contributed by atoms with E-state index in [4.69, 9.17) is 0 Å². The number of hydrogen-bond acceptors (Lipinski definition) is 5. The van der Waals surface area contributed by atoms with Gasteiger partial charge >= 0.3 is 6.03 Å². The van der Waals surface area contributed by atoms with E-state index in [0.717, 1.165) is 25.3 Å². The molecule has 8 heteroatoms. The van der Waals surface area contributed by atoms with Crippen LogP contribution in [0.1, 0.15) is 31.9 Å². The summed E-state index contributed by atoms with van der Waals surface area (Å²) in [6.07, 6.45) is 2.81. The zero-order chi connectivity index (χ0) is 16.9. The third kappa shape index (κ3) is 2.47. The third-order valence-corrected chi connectivity index (χ3v) is 4.74. The van der Waals surface area contributed by atoms with Crippen LogP contribution in [0.25, 0.3) is 5.65 Å². The molecule has 2 aliphatic heterocycles. The van der Waals surface area contributed by atoms with Gasteiger partial charge in [0, 0.05) is 31.8 Å². The molecule has 4 heterocycles. The summed E-state index contributed by atoms with van der Waals surface area (Å²) < 4.78 is 1.81. The lowest BCUT2D eigenvalue weighted by molar-refractivity contribution is -0.122. The van der Waals surface area contributed by atoms with Gasteiger partial charge in [0.2, 0.25) is 5.91 Å². The molecule has 2 aromatic heterocycles. The number of fused-ring (bicyclic) bond motifs is 1. The van der Waals surface area contributed by atoms with Crippen LogP contribution in [-0.2, 0) is 4.79 Å². The summed E-state index contributed by atoms with van der Waals surface area (Å²) in [4.78, 5) is 30.3. The topological polar surface area (TPSA) is 91.6 Å². The number of carbonyl (C=O) groups is 2. The van der Waals surface area contributed by atoms with E-state index >= 15 is 0 Å². The average Bonchev–Trinajstić information content (AvgIpc) is 3.12. The number of anilines is 1. The molecule has 126 valence electrons. The van der Waals surface area contributed by atoms with Crippen LogP contribution in [0.15, 0.2) is 18.3 Å². The highest BCUT2D eigenvalue weighted by molar-refractivity contribution is 6.00. The monoisotopic (exact) mass is 328 g/mol. The average molecular weight is 328 g/mol. The normalized spacial score (nSPS) is 23.4. The summed E-state index contributed by atoms with van der Waals surface area (Å²) in [7, 11) is 0. The van der Waals surface area contributed by atoms with Crippen molar-refractivity contribution in [2.45, 2.75) is 26.2 Å². The second-order valence-corrected chi connectivity index (χ2v) is 7.23. The molecule has 2 aliphatic rings. The second-order valence-electron chi connectivity index (χ2n) is 7.23. The first kappa shape index (κ1) is 14.9. The molecule has 1 unspecified atom stereocenters. The molecule has 0 bridgehead atoms. The number of hydrogen-bond donors (Lipinski definition) is 2. The van der Waals surface area contributed by atoms with Gasteiger partial charge in [-0.15, -0.1) is 0 Å². The molecule has 2 fully saturated rings. The van der Waals surface area contributed by atoms with Crippen molar-refractivity contribution in [3.05, 3.63) is 24.0 Å². The highest BCUT2D eigenvalue weighted by atomic mass is 16.2. The van der Waals surface area contributed by atoms with E-state index in [1.165, 1.54) is 0 Å². The van der Waals surface area contributed by atoms with Gasteiger partial charge in [-0.1, -0.05) is 13.8 Å². The van der Waals surface area contributed by atoms with Gasteiger partial charge in [-0.3, -0.25) is 10.1 Å². The van der Waals surface area contributed by atoms with Crippen molar-refractivity contribution >= 4 is 23.4 Å². The second kappa shape index (κ2) is 5.19. The van der Waals surface area contributed by atoms with Crippen molar-refractivity contribution in [2.24, 2.45) is 5.41 Å². The van der Waals surface area contributed by atoms with Crippen LogP contribution in [0.2, 0.25) is 0 Å². The molecule has 2 aromatic rings. The van der Waals surface area contributed by atoms with Gasteiger partial charge < -0.3 is 10.2 Å². The first-order valence-corrected chi connectivity index (χ1v) is 8.11. The minimum Gasteiger partial charge on any atom is -0.356 e. The molecule has 0 spiro atoms. The lowest BCUT2D eigenvalue weighted by Crippen LogP contribution is -2.51. The standard InChI is InChI=1S/C16H20N6O2/c1-16(2)4-6-21(9-16)13-7-11(19-12-3-5-18-22(12)13)10-8-17-15(24)20-14(10)23/h3,5,7,10H,4,6,8-9H2,1-2H3,(H2,17,20,23,24). The van der Waals surface area contributed by atoms with Gasteiger partial charge in [-0.2, -0.15) is 9.61 Å². The largest absolute Gasteiger partial charge is 0.356 e. The van der Waals surface area contributed by atoms with Crippen molar-refractivity contribution in [3.63, 3.8) is 0 Å². The lowest BCUT2D eigenvalue weighted by atomic mass is 9.93. The Morgan fingerprint density at radius 3 is 2.88 bits per heavy atom. The summed E-state index contributed by atoms with van der Waals surface area (Å²) in [6, 6.07) is 3.29. The summed E-state index contributed by atoms with van der Waals surface area (Å²) in [5, 5.41) is 9.34. The zero-order valence-electron chi connectivity index (χ0n) is 13.7. The molecular weight excluding hydrogens is 308 g/mol. The van der Waals surface area contributed by atoms with E-state index in [0.29, 0.717) is 11.3 Å². The molecule has 0 aromatic carbocycles. The highest BCUT2D eigenvalue weighted by Gasteiger charge is 2.33. The molecule has 8 nitrogen and oxygen atoms in total. The Morgan fingerprint density at radius 2 is 2.17 bits per heavy atom. The zero-order valence-corrected chi connectivity index (χ0v) is 13.7. The van der Waals surface area contributed by atoms with E-state index in [-0.39, 0.29) is 17.9 Å². The quantitative estimate of drug-likeness (QED) is 0.854. The van der Waals surface area contributed by atoms with Crippen molar-refractivity contribution in [1.82, 2.24) is 25.2 Å². The Bertz CT molecular complexity index is 827. The number of nitrogens with one attached hydrogen (secondary N) is 2. The van der Waals surface area contributed by atoms with E-state index in [1.807, 2.05) is 16.6 Å². The summed E-state index contributed by atoms with van der Waals surface area (Å²) >= 11 is 0. The highest BCUT2D eigenvalue weighted by Crippen LogP contribution is 2.33. The number of carbonyl (C=O) groups excluding carboxylic acids is 2. The predicted octanol–water partition coefficient (Wildman–Crippen LogP) is 0.889. The van der Waals surface area contributed by atoms with E-state index < -0.39 is 11.9 Å². The molecule has 0 radical (unpaired) electrons. The van der Waals surface area contributed by atoms with E-state index in [2.05, 4.69) is 39.5 Å². The molecule has 2 saturated heterocycles. The van der Waals surface area contributed by atoms with Crippen molar-refractivity contribution < 1.29 is 9.59 Å². The number of imide groups is 1. The minimum absolute atomic E-state index is 0.249. The van der Waals surface area contributed by atoms with Gasteiger partial charge in [0.15, 0.2) is 5.65 Å².